The molecule has 1 aliphatic heterocycles. The number of nitriles is 1. The first kappa shape index (κ1) is 17.9. The molecule has 0 atom stereocenters. The van der Waals surface area contributed by atoms with Gasteiger partial charge in [-0.25, -0.2) is 4.98 Å². The average Bonchev–Trinajstić information content (AvgIpc) is 2.69. The lowest BCUT2D eigenvalue weighted by Gasteiger charge is -2.35. The van der Waals surface area contributed by atoms with Gasteiger partial charge in [-0.1, -0.05) is 12.1 Å². The molecule has 6 nitrogen and oxygen atoms in total. The lowest BCUT2D eigenvalue weighted by atomic mass is 10.1. The molecular weight excluding hydrogens is 328 g/mol. The van der Waals surface area contributed by atoms with Crippen molar-refractivity contribution in [3.63, 3.8) is 0 Å². The summed E-state index contributed by atoms with van der Waals surface area (Å²) < 4.78 is 5.48. The zero-order chi connectivity index (χ0) is 18.4. The van der Waals surface area contributed by atoms with Crippen LogP contribution in [0, 0.1) is 11.3 Å². The first-order chi connectivity index (χ1) is 12.7. The Hall–Kier alpha value is -2.91. The molecule has 0 spiro atoms. The van der Waals surface area contributed by atoms with Gasteiger partial charge in [0.15, 0.2) is 0 Å². The second-order valence-electron chi connectivity index (χ2n) is 6.17. The normalized spacial score (nSPS) is 14.7. The summed E-state index contributed by atoms with van der Waals surface area (Å²) in [5.41, 5.74) is 2.37. The molecule has 1 saturated heterocycles. The van der Waals surface area contributed by atoms with E-state index in [1.165, 1.54) is 5.56 Å². The third-order valence-electron chi connectivity index (χ3n) is 4.43. The Morgan fingerprint density at radius 1 is 1.19 bits per heavy atom. The molecule has 1 aromatic heterocycles. The smallest absolute Gasteiger partial charge is 0.259 e. The second kappa shape index (κ2) is 8.45. The van der Waals surface area contributed by atoms with Crippen molar-refractivity contribution < 1.29 is 9.53 Å². The minimum absolute atomic E-state index is 0.0282. The van der Waals surface area contributed by atoms with Gasteiger partial charge in [-0.3, -0.25) is 9.69 Å². The van der Waals surface area contributed by atoms with Crippen LogP contribution in [0.1, 0.15) is 28.4 Å². The van der Waals surface area contributed by atoms with E-state index in [4.69, 9.17) is 10.00 Å². The molecule has 2 aromatic rings. The summed E-state index contributed by atoms with van der Waals surface area (Å²) in [6.45, 7) is 6.17. The summed E-state index contributed by atoms with van der Waals surface area (Å²) in [4.78, 5) is 21.1. The van der Waals surface area contributed by atoms with E-state index >= 15 is 0 Å². The van der Waals surface area contributed by atoms with Gasteiger partial charge in [0.1, 0.15) is 5.56 Å². The van der Waals surface area contributed by atoms with E-state index in [1.54, 1.807) is 18.3 Å². The average molecular weight is 350 g/mol. The van der Waals surface area contributed by atoms with Crippen molar-refractivity contribution in [2.75, 3.05) is 32.8 Å². The van der Waals surface area contributed by atoms with Crippen molar-refractivity contribution in [3.8, 4) is 11.9 Å². The van der Waals surface area contributed by atoms with Gasteiger partial charge < -0.3 is 9.64 Å². The zero-order valence-electron chi connectivity index (χ0n) is 14.9. The number of nitrogens with zero attached hydrogens (tertiary/aromatic N) is 4. The van der Waals surface area contributed by atoms with Crippen LogP contribution in [0.4, 0.5) is 0 Å². The second-order valence-corrected chi connectivity index (χ2v) is 6.17. The fourth-order valence-electron chi connectivity index (χ4n) is 3.03. The Bertz CT molecular complexity index is 790. The molecule has 3 rings (SSSR count). The lowest BCUT2D eigenvalue weighted by molar-refractivity contribution is 0.0623. The van der Waals surface area contributed by atoms with Gasteiger partial charge in [-0.05, 0) is 36.8 Å². The predicted molar refractivity (Wildman–Crippen MR) is 97.7 cm³/mol. The van der Waals surface area contributed by atoms with Crippen LogP contribution in [0.3, 0.4) is 0 Å². The van der Waals surface area contributed by atoms with Crippen molar-refractivity contribution in [2.45, 2.75) is 13.5 Å². The largest absolute Gasteiger partial charge is 0.477 e. The Labute approximate surface area is 153 Å². The molecule has 0 aliphatic carbocycles. The fraction of sp³-hybridized carbons (Fsp3) is 0.350. The number of aromatic nitrogens is 1. The van der Waals surface area contributed by atoms with E-state index in [1.807, 2.05) is 36.1 Å². The maximum atomic E-state index is 12.8. The molecule has 0 N–H and O–H groups in total. The van der Waals surface area contributed by atoms with E-state index < -0.39 is 0 Å². The molecule has 6 heteroatoms. The van der Waals surface area contributed by atoms with Gasteiger partial charge in [0.25, 0.3) is 5.91 Å². The Morgan fingerprint density at radius 3 is 2.58 bits per heavy atom. The summed E-state index contributed by atoms with van der Waals surface area (Å²) in [5.74, 6) is 0.375. The Balaban J connectivity index is 1.58. The number of carbonyl (C=O) groups excluding carboxylic acids is 1. The van der Waals surface area contributed by atoms with Gasteiger partial charge >= 0.3 is 0 Å². The van der Waals surface area contributed by atoms with Crippen LogP contribution in [0.15, 0.2) is 42.6 Å². The number of benzene rings is 1. The van der Waals surface area contributed by atoms with Gasteiger partial charge in [-0.15, -0.1) is 0 Å². The van der Waals surface area contributed by atoms with Crippen LogP contribution < -0.4 is 4.74 Å². The molecular formula is C20H22N4O2. The quantitative estimate of drug-likeness (QED) is 0.828. The highest BCUT2D eigenvalue weighted by molar-refractivity contribution is 5.96. The third-order valence-corrected chi connectivity index (χ3v) is 4.43. The number of rotatable bonds is 5. The number of piperazine rings is 1. The SMILES string of the molecule is CCOc1ncccc1C(=O)N1CCN(Cc2ccc(C#N)cc2)CC1. The summed E-state index contributed by atoms with van der Waals surface area (Å²) in [5, 5.41) is 8.87. The molecule has 134 valence electrons. The summed E-state index contributed by atoms with van der Waals surface area (Å²) in [6.07, 6.45) is 1.64. The van der Waals surface area contributed by atoms with Crippen LogP contribution in [-0.2, 0) is 6.54 Å². The maximum absolute atomic E-state index is 12.8. The highest BCUT2D eigenvalue weighted by Crippen LogP contribution is 2.18. The predicted octanol–water partition coefficient (Wildman–Crippen LogP) is 2.31. The standard InChI is InChI=1S/C20H22N4O2/c1-2-26-19-18(4-3-9-22-19)20(25)24-12-10-23(11-13-24)15-17-7-5-16(14-21)6-8-17/h3-9H,2,10-13,15H2,1H3. The van der Waals surface area contributed by atoms with E-state index in [9.17, 15) is 4.79 Å². The molecule has 0 unspecified atom stereocenters. The number of hydrogen-bond acceptors (Lipinski definition) is 5. The number of amides is 1. The minimum atomic E-state index is -0.0282. The molecule has 1 amide bonds. The van der Waals surface area contributed by atoms with Crippen molar-refractivity contribution in [3.05, 3.63) is 59.3 Å². The Kier molecular flexibility index (Phi) is 5.82. The summed E-state index contributed by atoms with van der Waals surface area (Å²) in [7, 11) is 0. The summed E-state index contributed by atoms with van der Waals surface area (Å²) >= 11 is 0. The monoisotopic (exact) mass is 350 g/mol. The summed E-state index contributed by atoms with van der Waals surface area (Å²) in [6, 6.07) is 13.3. The molecule has 2 heterocycles. The maximum Gasteiger partial charge on any atom is 0.259 e. The number of hydrogen-bond donors (Lipinski definition) is 0. The molecule has 0 bridgehead atoms. The van der Waals surface area contributed by atoms with Crippen molar-refractivity contribution in [2.24, 2.45) is 0 Å². The Morgan fingerprint density at radius 2 is 1.92 bits per heavy atom. The molecule has 26 heavy (non-hydrogen) atoms. The van der Waals surface area contributed by atoms with Gasteiger partial charge in [0.2, 0.25) is 5.88 Å². The lowest BCUT2D eigenvalue weighted by Crippen LogP contribution is -2.48. The minimum Gasteiger partial charge on any atom is -0.477 e. The fourth-order valence-corrected chi connectivity index (χ4v) is 3.03. The van der Waals surface area contributed by atoms with Crippen molar-refractivity contribution >= 4 is 5.91 Å². The van der Waals surface area contributed by atoms with Gasteiger partial charge in [-0.2, -0.15) is 5.26 Å². The molecule has 0 radical (unpaired) electrons. The van der Waals surface area contributed by atoms with Crippen molar-refractivity contribution in [1.29, 1.82) is 5.26 Å². The molecule has 0 saturated carbocycles. The first-order valence-corrected chi connectivity index (χ1v) is 8.79. The highest BCUT2D eigenvalue weighted by atomic mass is 16.5. The molecule has 1 fully saturated rings. The zero-order valence-corrected chi connectivity index (χ0v) is 14.9. The van der Waals surface area contributed by atoms with E-state index in [0.29, 0.717) is 36.7 Å². The highest BCUT2D eigenvalue weighted by Gasteiger charge is 2.24. The van der Waals surface area contributed by atoms with Crippen LogP contribution in [0.25, 0.3) is 0 Å². The van der Waals surface area contributed by atoms with Crippen LogP contribution >= 0.6 is 0 Å². The molecule has 1 aliphatic rings. The van der Waals surface area contributed by atoms with Gasteiger partial charge in [0.05, 0.1) is 18.2 Å². The van der Waals surface area contributed by atoms with E-state index in [2.05, 4.69) is 16.0 Å². The number of carbonyl (C=O) groups is 1. The van der Waals surface area contributed by atoms with E-state index in [0.717, 1.165) is 19.6 Å². The van der Waals surface area contributed by atoms with Gasteiger partial charge in [0, 0.05) is 38.9 Å². The van der Waals surface area contributed by atoms with E-state index in [-0.39, 0.29) is 5.91 Å². The number of ether oxygens (including phenoxy) is 1. The number of pyridine rings is 1. The third kappa shape index (κ3) is 4.19. The van der Waals surface area contributed by atoms with Crippen molar-refractivity contribution in [1.82, 2.24) is 14.8 Å². The topological polar surface area (TPSA) is 69.5 Å². The van der Waals surface area contributed by atoms with Crippen LogP contribution in [-0.4, -0.2) is 53.5 Å². The van der Waals surface area contributed by atoms with Crippen LogP contribution in [0.2, 0.25) is 0 Å². The van der Waals surface area contributed by atoms with Crippen LogP contribution in [0.5, 0.6) is 5.88 Å². The molecule has 1 aromatic carbocycles. The first-order valence-electron chi connectivity index (χ1n) is 8.79.